The largest absolute Gasteiger partial charge is 0.496 e. The maximum absolute atomic E-state index is 13.1. The van der Waals surface area contributed by atoms with E-state index in [9.17, 15) is 9.59 Å². The summed E-state index contributed by atoms with van der Waals surface area (Å²) in [6.45, 7) is 0.230. The number of nitrogens with zero attached hydrogens (tertiary/aromatic N) is 3. The molecule has 0 saturated carbocycles. The van der Waals surface area contributed by atoms with Crippen molar-refractivity contribution in [2.24, 2.45) is 5.10 Å². The van der Waals surface area contributed by atoms with E-state index in [-0.39, 0.29) is 17.8 Å². The van der Waals surface area contributed by atoms with Crippen molar-refractivity contribution in [3.63, 3.8) is 0 Å². The first-order valence-corrected chi connectivity index (χ1v) is 10.7. The highest BCUT2D eigenvalue weighted by atomic mass is 16.5. The van der Waals surface area contributed by atoms with Gasteiger partial charge in [0.05, 0.1) is 45.0 Å². The number of methoxy groups -OCH3 is 3. The van der Waals surface area contributed by atoms with Crippen LogP contribution in [-0.2, 0) is 6.54 Å². The van der Waals surface area contributed by atoms with E-state index in [1.165, 1.54) is 32.2 Å². The van der Waals surface area contributed by atoms with Gasteiger partial charge in [-0.25, -0.2) is 10.1 Å². The Kier molecular flexibility index (Phi) is 7.06. The number of nitrogens with one attached hydrogen (secondary N) is 1. The predicted molar refractivity (Wildman–Crippen MR) is 133 cm³/mol. The van der Waals surface area contributed by atoms with E-state index in [0.717, 1.165) is 5.56 Å². The number of ether oxygens (including phenoxy) is 3. The van der Waals surface area contributed by atoms with E-state index < -0.39 is 5.91 Å². The van der Waals surface area contributed by atoms with Gasteiger partial charge in [-0.2, -0.15) is 10.2 Å². The fourth-order valence-electron chi connectivity index (χ4n) is 3.63. The van der Waals surface area contributed by atoms with Gasteiger partial charge < -0.3 is 14.2 Å². The molecule has 0 saturated heterocycles. The molecule has 0 atom stereocenters. The third-order valence-corrected chi connectivity index (χ3v) is 5.37. The zero-order valence-corrected chi connectivity index (χ0v) is 19.5. The molecule has 1 aromatic heterocycles. The number of fused-ring (bicyclic) bond motifs is 1. The second-order valence-electron chi connectivity index (χ2n) is 7.49. The zero-order valence-electron chi connectivity index (χ0n) is 19.5. The van der Waals surface area contributed by atoms with Crippen LogP contribution in [0.25, 0.3) is 10.8 Å². The molecule has 0 aliphatic heterocycles. The number of rotatable bonds is 8. The molecule has 0 fully saturated rings. The van der Waals surface area contributed by atoms with Crippen molar-refractivity contribution in [3.8, 4) is 17.2 Å². The van der Waals surface area contributed by atoms with Gasteiger partial charge >= 0.3 is 0 Å². The van der Waals surface area contributed by atoms with Crippen LogP contribution in [0.3, 0.4) is 0 Å². The van der Waals surface area contributed by atoms with E-state index in [1.807, 2.05) is 30.3 Å². The Hall–Kier alpha value is -4.66. The average Bonchev–Trinajstić information content (AvgIpc) is 2.90. The van der Waals surface area contributed by atoms with Gasteiger partial charge in [0.25, 0.3) is 11.5 Å². The molecule has 0 bridgehead atoms. The summed E-state index contributed by atoms with van der Waals surface area (Å²) in [5, 5.41) is 9.28. The van der Waals surface area contributed by atoms with Crippen LogP contribution in [0.2, 0.25) is 0 Å². The molecular formula is C26H24N4O5. The number of carbonyl (C=O) groups is 1. The Morgan fingerprint density at radius 1 is 0.943 bits per heavy atom. The topological polar surface area (TPSA) is 104 Å². The number of benzene rings is 3. The fraction of sp³-hybridized carbons (Fsp3) is 0.154. The maximum atomic E-state index is 13.1. The lowest BCUT2D eigenvalue weighted by Crippen LogP contribution is -2.29. The Morgan fingerprint density at radius 3 is 2.20 bits per heavy atom. The minimum absolute atomic E-state index is 0.0851. The van der Waals surface area contributed by atoms with E-state index in [0.29, 0.717) is 33.6 Å². The third kappa shape index (κ3) is 4.98. The molecule has 0 spiro atoms. The normalized spacial score (nSPS) is 10.9. The molecular weight excluding hydrogens is 448 g/mol. The van der Waals surface area contributed by atoms with Crippen molar-refractivity contribution in [2.75, 3.05) is 21.3 Å². The van der Waals surface area contributed by atoms with Gasteiger partial charge in [0.1, 0.15) is 17.2 Å². The summed E-state index contributed by atoms with van der Waals surface area (Å²) in [7, 11) is 4.56. The first-order chi connectivity index (χ1) is 17.0. The predicted octanol–water partition coefficient (Wildman–Crippen LogP) is 3.23. The Labute approximate surface area is 201 Å². The fourth-order valence-corrected chi connectivity index (χ4v) is 3.63. The molecule has 0 aliphatic carbocycles. The molecule has 178 valence electrons. The first kappa shape index (κ1) is 23.5. The smallest absolute Gasteiger partial charge is 0.292 e. The molecule has 4 aromatic rings. The van der Waals surface area contributed by atoms with E-state index >= 15 is 0 Å². The van der Waals surface area contributed by atoms with Gasteiger partial charge in [0, 0.05) is 17.5 Å². The lowest BCUT2D eigenvalue weighted by molar-refractivity contribution is 0.0949. The Morgan fingerprint density at radius 2 is 1.57 bits per heavy atom. The van der Waals surface area contributed by atoms with Crippen molar-refractivity contribution in [1.82, 2.24) is 15.2 Å². The molecule has 1 heterocycles. The minimum atomic E-state index is -0.564. The van der Waals surface area contributed by atoms with Gasteiger partial charge in [-0.3, -0.25) is 9.59 Å². The highest BCUT2D eigenvalue weighted by Gasteiger charge is 2.17. The van der Waals surface area contributed by atoms with Crippen LogP contribution >= 0.6 is 0 Å². The van der Waals surface area contributed by atoms with Crippen molar-refractivity contribution in [2.45, 2.75) is 6.54 Å². The lowest BCUT2D eigenvalue weighted by Gasteiger charge is -2.12. The standard InChI is InChI=1S/C26H24N4O5/c1-33-18-13-22(34-2)21(23(14-18)35-3)15-27-28-25(31)24-19-11-7-8-12-20(19)26(32)30(29-24)16-17-9-5-4-6-10-17/h4-15H,16H2,1-3H3,(H,28,31)/b27-15+. The van der Waals surface area contributed by atoms with E-state index in [1.54, 1.807) is 36.4 Å². The summed E-state index contributed by atoms with van der Waals surface area (Å²) >= 11 is 0. The first-order valence-electron chi connectivity index (χ1n) is 10.7. The highest BCUT2D eigenvalue weighted by Crippen LogP contribution is 2.32. The van der Waals surface area contributed by atoms with Crippen molar-refractivity contribution < 1.29 is 19.0 Å². The molecule has 0 aliphatic rings. The second-order valence-corrected chi connectivity index (χ2v) is 7.49. The summed E-state index contributed by atoms with van der Waals surface area (Å²) in [5.41, 5.74) is 3.70. The molecule has 1 amide bonds. The van der Waals surface area contributed by atoms with Crippen LogP contribution < -0.4 is 25.2 Å². The van der Waals surface area contributed by atoms with Crippen LogP contribution in [0.1, 0.15) is 21.6 Å². The van der Waals surface area contributed by atoms with Crippen LogP contribution in [-0.4, -0.2) is 43.2 Å². The molecule has 4 rings (SSSR count). The van der Waals surface area contributed by atoms with Crippen molar-refractivity contribution in [1.29, 1.82) is 0 Å². The molecule has 9 heteroatoms. The Balaban J connectivity index is 1.67. The number of hydrogen-bond donors (Lipinski definition) is 1. The molecule has 1 N–H and O–H groups in total. The SMILES string of the molecule is COc1cc(OC)c(/C=N/NC(=O)c2nn(Cc3ccccc3)c(=O)c3ccccc23)c(OC)c1. The number of hydrogen-bond acceptors (Lipinski definition) is 7. The van der Waals surface area contributed by atoms with Gasteiger partial charge in [-0.15, -0.1) is 0 Å². The number of carbonyl (C=O) groups excluding carboxylic acids is 1. The molecule has 0 unspecified atom stereocenters. The summed E-state index contributed by atoms with van der Waals surface area (Å²) in [5.74, 6) is 0.903. The monoisotopic (exact) mass is 472 g/mol. The van der Waals surface area contributed by atoms with Gasteiger partial charge in [0.2, 0.25) is 0 Å². The van der Waals surface area contributed by atoms with Gasteiger partial charge in [-0.1, -0.05) is 48.5 Å². The molecule has 35 heavy (non-hydrogen) atoms. The summed E-state index contributed by atoms with van der Waals surface area (Å²) < 4.78 is 17.3. The minimum Gasteiger partial charge on any atom is -0.496 e. The third-order valence-electron chi connectivity index (χ3n) is 5.37. The number of amides is 1. The second kappa shape index (κ2) is 10.5. The summed E-state index contributed by atoms with van der Waals surface area (Å²) in [6.07, 6.45) is 1.41. The van der Waals surface area contributed by atoms with E-state index in [2.05, 4.69) is 15.6 Å². The van der Waals surface area contributed by atoms with Crippen LogP contribution in [0.15, 0.2) is 76.6 Å². The van der Waals surface area contributed by atoms with Crippen molar-refractivity contribution >= 4 is 22.9 Å². The molecule has 3 aromatic carbocycles. The quantitative estimate of drug-likeness (QED) is 0.312. The average molecular weight is 473 g/mol. The summed E-state index contributed by atoms with van der Waals surface area (Å²) in [6, 6.07) is 19.7. The van der Waals surface area contributed by atoms with Crippen LogP contribution in [0.5, 0.6) is 17.2 Å². The number of hydrazone groups is 1. The van der Waals surface area contributed by atoms with Crippen LogP contribution in [0, 0.1) is 0 Å². The molecule has 0 radical (unpaired) electrons. The lowest BCUT2D eigenvalue weighted by atomic mass is 10.1. The number of aromatic nitrogens is 2. The van der Waals surface area contributed by atoms with Crippen molar-refractivity contribution in [3.05, 3.63) is 93.9 Å². The van der Waals surface area contributed by atoms with E-state index in [4.69, 9.17) is 14.2 Å². The van der Waals surface area contributed by atoms with Gasteiger partial charge in [0.15, 0.2) is 5.69 Å². The maximum Gasteiger partial charge on any atom is 0.292 e. The summed E-state index contributed by atoms with van der Waals surface area (Å²) in [4.78, 5) is 26.1. The van der Waals surface area contributed by atoms with Crippen LogP contribution in [0.4, 0.5) is 0 Å². The molecule has 9 nitrogen and oxygen atoms in total. The highest BCUT2D eigenvalue weighted by molar-refractivity contribution is 6.05. The zero-order chi connectivity index (χ0) is 24.8. The van der Waals surface area contributed by atoms with Gasteiger partial charge in [-0.05, 0) is 11.6 Å². The Bertz CT molecular complexity index is 1420.